The average molecular weight is 533 g/mol. The predicted octanol–water partition coefficient (Wildman–Crippen LogP) is 5.10. The summed E-state index contributed by atoms with van der Waals surface area (Å²) in [6.07, 6.45) is 1.82. The predicted molar refractivity (Wildman–Crippen MR) is 140 cm³/mol. The number of ether oxygens (including phenoxy) is 2. The van der Waals surface area contributed by atoms with Crippen LogP contribution in [-0.4, -0.2) is 64.6 Å². The molecular weight excluding hydrogens is 507 g/mol. The minimum absolute atomic E-state index is 0.00105. The molecule has 1 aromatic heterocycles. The van der Waals surface area contributed by atoms with Gasteiger partial charge >= 0.3 is 0 Å². The fourth-order valence-corrected chi connectivity index (χ4v) is 5.56. The van der Waals surface area contributed by atoms with E-state index >= 15 is 0 Å². The summed E-state index contributed by atoms with van der Waals surface area (Å²) in [6.45, 7) is 2.34. The second-order valence-corrected chi connectivity index (χ2v) is 10.4. The maximum absolute atomic E-state index is 13.5. The van der Waals surface area contributed by atoms with Crippen LogP contribution in [-0.2, 0) is 4.74 Å². The molecule has 3 aromatic rings. The number of benzene rings is 2. The van der Waals surface area contributed by atoms with Crippen molar-refractivity contribution >= 4 is 40.9 Å². The van der Waals surface area contributed by atoms with Crippen molar-refractivity contribution in [1.82, 2.24) is 20.2 Å². The molecule has 184 valence electrons. The summed E-state index contributed by atoms with van der Waals surface area (Å²) in [5.74, 6) is 2.17. The molecule has 1 amide bonds. The van der Waals surface area contributed by atoms with Gasteiger partial charge in [0.25, 0.3) is 5.91 Å². The van der Waals surface area contributed by atoms with Gasteiger partial charge in [-0.05, 0) is 48.6 Å². The Labute approximate surface area is 218 Å². The Kier molecular flexibility index (Phi) is 7.84. The van der Waals surface area contributed by atoms with E-state index < -0.39 is 0 Å². The number of thioether (sulfide) groups is 1. The van der Waals surface area contributed by atoms with Crippen LogP contribution in [0.5, 0.6) is 5.75 Å². The largest absolute Gasteiger partial charge is 0.486 e. The first-order valence-electron chi connectivity index (χ1n) is 11.6. The van der Waals surface area contributed by atoms with Crippen LogP contribution in [0, 0.1) is 0 Å². The second kappa shape index (κ2) is 11.2. The monoisotopic (exact) mass is 532 g/mol. The molecule has 2 saturated heterocycles. The van der Waals surface area contributed by atoms with Crippen molar-refractivity contribution in [1.29, 1.82) is 0 Å². The first kappa shape index (κ1) is 24.5. The minimum atomic E-state index is -0.326. The van der Waals surface area contributed by atoms with Gasteiger partial charge in [-0.2, -0.15) is 16.9 Å². The van der Waals surface area contributed by atoms with E-state index in [9.17, 15) is 4.79 Å². The van der Waals surface area contributed by atoms with Crippen LogP contribution < -0.4 is 10.2 Å². The lowest BCUT2D eigenvalue weighted by atomic mass is 10.1. The van der Waals surface area contributed by atoms with Crippen LogP contribution >= 0.6 is 35.0 Å². The van der Waals surface area contributed by atoms with E-state index in [0.717, 1.165) is 29.9 Å². The van der Waals surface area contributed by atoms with Crippen LogP contribution in [0.25, 0.3) is 16.9 Å². The topological polar surface area (TPSA) is 68.6 Å². The van der Waals surface area contributed by atoms with E-state index in [2.05, 4.69) is 5.43 Å². The molecule has 0 radical (unpaired) electrons. The highest BCUT2D eigenvalue weighted by Crippen LogP contribution is 2.39. The summed E-state index contributed by atoms with van der Waals surface area (Å²) >= 11 is 14.7. The van der Waals surface area contributed by atoms with Gasteiger partial charge in [-0.25, -0.2) is 9.69 Å². The highest BCUT2D eigenvalue weighted by molar-refractivity contribution is 7.99. The zero-order valence-electron chi connectivity index (χ0n) is 19.1. The molecule has 2 fully saturated rings. The zero-order valence-corrected chi connectivity index (χ0v) is 21.4. The van der Waals surface area contributed by atoms with E-state index in [0.29, 0.717) is 53.5 Å². The number of morpholine rings is 1. The van der Waals surface area contributed by atoms with Gasteiger partial charge in [-0.3, -0.25) is 10.2 Å². The van der Waals surface area contributed by atoms with E-state index in [1.54, 1.807) is 10.7 Å². The van der Waals surface area contributed by atoms with Crippen LogP contribution in [0.1, 0.15) is 23.3 Å². The van der Waals surface area contributed by atoms with Crippen molar-refractivity contribution in [2.75, 3.05) is 37.8 Å². The first-order chi connectivity index (χ1) is 17.1. The van der Waals surface area contributed by atoms with Gasteiger partial charge < -0.3 is 9.47 Å². The lowest BCUT2D eigenvalue weighted by Gasteiger charge is -2.27. The number of hydrazine groups is 1. The number of aromatic nitrogens is 2. The minimum Gasteiger partial charge on any atom is -0.486 e. The van der Waals surface area contributed by atoms with Crippen molar-refractivity contribution in [2.45, 2.75) is 18.9 Å². The summed E-state index contributed by atoms with van der Waals surface area (Å²) in [6, 6.07) is 14.9. The van der Waals surface area contributed by atoms with E-state index in [1.165, 1.54) is 0 Å². The highest BCUT2D eigenvalue weighted by Gasteiger charge is 2.30. The number of hydrogen-bond donors (Lipinski definition) is 1. The lowest BCUT2D eigenvalue weighted by molar-refractivity contribution is 0.0123. The van der Waals surface area contributed by atoms with Crippen molar-refractivity contribution in [2.24, 2.45) is 0 Å². The van der Waals surface area contributed by atoms with Crippen LogP contribution in [0.2, 0.25) is 10.0 Å². The van der Waals surface area contributed by atoms with E-state index in [-0.39, 0.29) is 17.7 Å². The van der Waals surface area contributed by atoms with Gasteiger partial charge in [-0.1, -0.05) is 47.5 Å². The van der Waals surface area contributed by atoms with Crippen molar-refractivity contribution in [3.63, 3.8) is 0 Å². The van der Waals surface area contributed by atoms with Crippen molar-refractivity contribution in [3.8, 4) is 22.7 Å². The highest BCUT2D eigenvalue weighted by atomic mass is 35.5. The third-order valence-corrected chi connectivity index (χ3v) is 7.60. The van der Waals surface area contributed by atoms with Gasteiger partial charge in [0.1, 0.15) is 11.8 Å². The Morgan fingerprint density at radius 3 is 2.49 bits per heavy atom. The van der Waals surface area contributed by atoms with Crippen molar-refractivity contribution in [3.05, 3.63) is 64.3 Å². The number of rotatable bonds is 6. The molecule has 0 spiro atoms. The summed E-state index contributed by atoms with van der Waals surface area (Å²) in [4.78, 5) is 13.5. The smallest absolute Gasteiger partial charge is 0.289 e. The van der Waals surface area contributed by atoms with Gasteiger partial charge in [0.05, 0.1) is 23.9 Å². The van der Waals surface area contributed by atoms with Gasteiger partial charge in [0.15, 0.2) is 11.4 Å². The van der Waals surface area contributed by atoms with Gasteiger partial charge in [0.2, 0.25) is 0 Å². The number of hydrogen-bond acceptors (Lipinski definition) is 6. The normalized spacial score (nSPS) is 17.3. The van der Waals surface area contributed by atoms with E-state index in [1.807, 2.05) is 59.2 Å². The van der Waals surface area contributed by atoms with Crippen molar-refractivity contribution < 1.29 is 14.3 Å². The second-order valence-electron chi connectivity index (χ2n) is 8.37. The third kappa shape index (κ3) is 5.62. The number of carbonyl (C=O) groups is 1. The first-order valence-corrected chi connectivity index (χ1v) is 13.5. The van der Waals surface area contributed by atoms with Crippen LogP contribution in [0.3, 0.4) is 0 Å². The maximum Gasteiger partial charge on any atom is 0.289 e. The molecule has 7 nitrogen and oxygen atoms in total. The molecule has 2 aliphatic heterocycles. The molecule has 3 heterocycles. The molecule has 0 atom stereocenters. The molecule has 1 N–H and O–H groups in total. The Bertz CT molecular complexity index is 1180. The van der Waals surface area contributed by atoms with Crippen LogP contribution in [0.15, 0.2) is 48.5 Å². The molecule has 0 saturated carbocycles. The average Bonchev–Trinajstić information content (AvgIpc) is 3.25. The molecule has 5 rings (SSSR count). The van der Waals surface area contributed by atoms with Crippen LogP contribution in [0.4, 0.5) is 0 Å². The number of nitrogens with zero attached hydrogens (tertiary/aromatic N) is 3. The molecule has 0 aliphatic carbocycles. The summed E-state index contributed by atoms with van der Waals surface area (Å²) in [5, 5.41) is 7.76. The summed E-state index contributed by atoms with van der Waals surface area (Å²) in [5.41, 5.74) is 5.36. The Balaban J connectivity index is 1.64. The molecule has 0 unspecified atom stereocenters. The number of nitrogens with one attached hydrogen (secondary N) is 1. The Morgan fingerprint density at radius 2 is 1.77 bits per heavy atom. The fraction of sp³-hybridized carbons (Fsp3) is 0.360. The molecule has 10 heteroatoms. The van der Waals surface area contributed by atoms with E-state index in [4.69, 9.17) is 37.8 Å². The molecule has 2 aliphatic rings. The lowest BCUT2D eigenvalue weighted by Crippen LogP contribution is -2.48. The number of carbonyl (C=O) groups excluding carboxylic acids is 1. The third-order valence-electron chi connectivity index (χ3n) is 5.98. The summed E-state index contributed by atoms with van der Waals surface area (Å²) < 4.78 is 13.7. The summed E-state index contributed by atoms with van der Waals surface area (Å²) in [7, 11) is 0. The number of halogens is 2. The Hall–Kier alpha value is -2.23. The number of amides is 1. The number of para-hydroxylation sites is 1. The quantitative estimate of drug-likeness (QED) is 0.476. The van der Waals surface area contributed by atoms with Gasteiger partial charge in [0, 0.05) is 23.7 Å². The van der Waals surface area contributed by atoms with Gasteiger partial charge in [-0.15, -0.1) is 0 Å². The SMILES string of the molecule is O=C(NN1CCOCC1)c1nn(-c2ccccc2Cl)c(-c2ccc(Cl)cc2)c1OC1CCSCC1. The Morgan fingerprint density at radius 1 is 1.06 bits per heavy atom. The molecular formula is C25H26Cl2N4O3S. The molecule has 0 bridgehead atoms. The molecule has 2 aromatic carbocycles. The zero-order chi connectivity index (χ0) is 24.2. The molecule has 35 heavy (non-hydrogen) atoms. The fourth-order valence-electron chi connectivity index (χ4n) is 4.16. The standard InChI is InChI=1S/C25H26Cl2N4O3S/c26-18-7-5-17(6-8-18)23-24(34-19-9-15-35-16-10-19)22(25(32)29-30-11-13-33-14-12-30)28-31(23)21-4-2-1-3-20(21)27/h1-8,19H,9-16H2,(H,29,32). The maximum atomic E-state index is 13.5.